The lowest BCUT2D eigenvalue weighted by Crippen LogP contribution is -2.41. The first-order chi connectivity index (χ1) is 9.43. The highest BCUT2D eigenvalue weighted by Gasteiger charge is 2.19. The fourth-order valence-corrected chi connectivity index (χ4v) is 2.22. The minimum Gasteiger partial charge on any atom is -0.480 e. The van der Waals surface area contributed by atoms with Crippen molar-refractivity contribution < 1.29 is 14.7 Å². The molecule has 1 amide bonds. The summed E-state index contributed by atoms with van der Waals surface area (Å²) in [4.78, 5) is 22.9. The van der Waals surface area contributed by atoms with Crippen LogP contribution in [0.25, 0.3) is 0 Å². The second-order valence-corrected chi connectivity index (χ2v) is 5.36. The van der Waals surface area contributed by atoms with Gasteiger partial charge in [0.05, 0.1) is 6.42 Å². The monoisotopic (exact) mass is 317 g/mol. The molecular formula is C14H17Cl2NO3. The molecule has 0 saturated heterocycles. The third-order valence-corrected chi connectivity index (χ3v) is 3.43. The second-order valence-electron chi connectivity index (χ2n) is 4.51. The predicted octanol–water partition coefficient (Wildman–Crippen LogP) is 3.30. The molecule has 6 heteroatoms. The fraction of sp³-hybridized carbons (Fsp3) is 0.429. The van der Waals surface area contributed by atoms with Gasteiger partial charge in [0.15, 0.2) is 0 Å². The summed E-state index contributed by atoms with van der Waals surface area (Å²) in [5.74, 6) is -1.38. The number of carbonyl (C=O) groups is 2. The lowest BCUT2D eigenvalue weighted by molar-refractivity contribution is -0.142. The number of hydrogen-bond acceptors (Lipinski definition) is 2. The Bertz CT molecular complexity index is 491. The largest absolute Gasteiger partial charge is 0.480 e. The van der Waals surface area contributed by atoms with Crippen molar-refractivity contribution in [2.75, 3.05) is 0 Å². The number of unbranched alkanes of at least 4 members (excludes halogenated alkanes) is 1. The Morgan fingerprint density at radius 2 is 2.05 bits per heavy atom. The van der Waals surface area contributed by atoms with Crippen molar-refractivity contribution in [3.05, 3.63) is 33.8 Å². The van der Waals surface area contributed by atoms with Gasteiger partial charge in [0.2, 0.25) is 5.91 Å². The fourth-order valence-electron chi connectivity index (χ4n) is 1.75. The van der Waals surface area contributed by atoms with Crippen LogP contribution in [0.1, 0.15) is 31.7 Å². The molecule has 0 unspecified atom stereocenters. The number of hydrogen-bond donors (Lipinski definition) is 2. The summed E-state index contributed by atoms with van der Waals surface area (Å²) >= 11 is 11.7. The van der Waals surface area contributed by atoms with Crippen molar-refractivity contribution in [1.82, 2.24) is 5.32 Å². The van der Waals surface area contributed by atoms with E-state index in [2.05, 4.69) is 5.32 Å². The van der Waals surface area contributed by atoms with Gasteiger partial charge in [0.25, 0.3) is 0 Å². The van der Waals surface area contributed by atoms with Gasteiger partial charge >= 0.3 is 5.97 Å². The average molecular weight is 318 g/mol. The molecule has 0 aliphatic heterocycles. The number of nitrogens with one attached hydrogen (secondary N) is 1. The van der Waals surface area contributed by atoms with Crippen LogP contribution in [-0.2, 0) is 16.0 Å². The molecule has 0 bridgehead atoms. The van der Waals surface area contributed by atoms with Gasteiger partial charge in [-0.05, 0) is 24.1 Å². The maximum atomic E-state index is 11.9. The maximum Gasteiger partial charge on any atom is 0.326 e. The summed E-state index contributed by atoms with van der Waals surface area (Å²) in [6.07, 6.45) is 2.08. The summed E-state index contributed by atoms with van der Waals surface area (Å²) in [7, 11) is 0. The van der Waals surface area contributed by atoms with E-state index in [1.165, 1.54) is 0 Å². The number of rotatable bonds is 7. The summed E-state index contributed by atoms with van der Waals surface area (Å²) in [6.45, 7) is 1.97. The smallest absolute Gasteiger partial charge is 0.326 e. The molecule has 0 aliphatic carbocycles. The highest BCUT2D eigenvalue weighted by atomic mass is 35.5. The highest BCUT2D eigenvalue weighted by Crippen LogP contribution is 2.21. The summed E-state index contributed by atoms with van der Waals surface area (Å²) in [6, 6.07) is 4.00. The van der Waals surface area contributed by atoms with E-state index >= 15 is 0 Å². The van der Waals surface area contributed by atoms with Gasteiger partial charge < -0.3 is 10.4 Å². The molecule has 110 valence electrons. The molecule has 0 fully saturated rings. The van der Waals surface area contributed by atoms with E-state index in [0.29, 0.717) is 22.0 Å². The first-order valence-electron chi connectivity index (χ1n) is 6.40. The number of carboxylic acid groups (broad SMARTS) is 1. The summed E-state index contributed by atoms with van der Waals surface area (Å²) in [5.41, 5.74) is 0.619. The van der Waals surface area contributed by atoms with Crippen molar-refractivity contribution in [1.29, 1.82) is 0 Å². The van der Waals surface area contributed by atoms with E-state index in [9.17, 15) is 9.59 Å². The Labute approximate surface area is 128 Å². The zero-order valence-corrected chi connectivity index (χ0v) is 12.7. The van der Waals surface area contributed by atoms with Gasteiger partial charge in [-0.25, -0.2) is 4.79 Å². The molecule has 1 rings (SSSR count). The van der Waals surface area contributed by atoms with Crippen molar-refractivity contribution in [2.24, 2.45) is 0 Å². The number of amides is 1. The summed E-state index contributed by atoms with van der Waals surface area (Å²) < 4.78 is 0. The lowest BCUT2D eigenvalue weighted by Gasteiger charge is -2.14. The predicted molar refractivity (Wildman–Crippen MR) is 79.3 cm³/mol. The van der Waals surface area contributed by atoms with Crippen LogP contribution in [0, 0.1) is 0 Å². The van der Waals surface area contributed by atoms with E-state index in [4.69, 9.17) is 28.3 Å². The first kappa shape index (κ1) is 16.8. The highest BCUT2D eigenvalue weighted by molar-refractivity contribution is 6.35. The molecule has 0 spiro atoms. The Balaban J connectivity index is 2.63. The molecule has 0 aromatic heterocycles. The minimum atomic E-state index is -1.02. The van der Waals surface area contributed by atoms with Gasteiger partial charge in [-0.2, -0.15) is 0 Å². The molecule has 0 radical (unpaired) electrons. The van der Waals surface area contributed by atoms with Crippen LogP contribution < -0.4 is 5.32 Å². The summed E-state index contributed by atoms with van der Waals surface area (Å²) in [5, 5.41) is 12.4. The zero-order chi connectivity index (χ0) is 15.1. The van der Waals surface area contributed by atoms with E-state index < -0.39 is 12.0 Å². The molecule has 2 N–H and O–H groups in total. The van der Waals surface area contributed by atoms with Crippen LogP contribution >= 0.6 is 23.2 Å². The van der Waals surface area contributed by atoms with Gasteiger partial charge in [0.1, 0.15) is 6.04 Å². The molecule has 0 heterocycles. The number of aliphatic carboxylic acids is 1. The number of benzene rings is 1. The van der Waals surface area contributed by atoms with E-state index in [1.54, 1.807) is 18.2 Å². The maximum absolute atomic E-state index is 11.9. The van der Waals surface area contributed by atoms with Crippen molar-refractivity contribution in [3.63, 3.8) is 0 Å². The topological polar surface area (TPSA) is 66.4 Å². The molecule has 1 aromatic rings. The van der Waals surface area contributed by atoms with E-state index in [0.717, 1.165) is 12.8 Å². The standard InChI is InChI=1S/C14H17Cl2NO3/c1-2-3-4-12(14(19)20)17-13(18)7-9-5-6-10(15)8-11(9)16/h5-6,8,12H,2-4,7H2,1H3,(H,17,18)(H,19,20)/t12-/m0/s1. The molecule has 20 heavy (non-hydrogen) atoms. The van der Waals surface area contributed by atoms with Gasteiger partial charge in [-0.3, -0.25) is 4.79 Å². The van der Waals surface area contributed by atoms with Gasteiger partial charge in [-0.1, -0.05) is 49.0 Å². The van der Waals surface area contributed by atoms with Crippen LogP contribution in [0.15, 0.2) is 18.2 Å². The van der Waals surface area contributed by atoms with Crippen molar-refractivity contribution in [3.8, 4) is 0 Å². The number of carboxylic acids is 1. The third-order valence-electron chi connectivity index (χ3n) is 2.85. The third kappa shape index (κ3) is 5.39. The first-order valence-corrected chi connectivity index (χ1v) is 7.15. The molecule has 0 aliphatic rings. The number of halogens is 2. The van der Waals surface area contributed by atoms with Crippen LogP contribution in [-0.4, -0.2) is 23.0 Å². The normalized spacial score (nSPS) is 11.9. The van der Waals surface area contributed by atoms with Gasteiger partial charge in [-0.15, -0.1) is 0 Å². The Morgan fingerprint density at radius 3 is 2.60 bits per heavy atom. The van der Waals surface area contributed by atoms with Crippen LogP contribution in [0.2, 0.25) is 10.0 Å². The quantitative estimate of drug-likeness (QED) is 0.810. The van der Waals surface area contributed by atoms with Gasteiger partial charge in [0, 0.05) is 10.0 Å². The van der Waals surface area contributed by atoms with Crippen molar-refractivity contribution in [2.45, 2.75) is 38.6 Å². The molecule has 1 atom stereocenters. The van der Waals surface area contributed by atoms with E-state index in [1.807, 2.05) is 6.92 Å². The second kappa shape index (κ2) is 8.12. The molecular weight excluding hydrogens is 301 g/mol. The Hall–Kier alpha value is -1.26. The molecule has 4 nitrogen and oxygen atoms in total. The minimum absolute atomic E-state index is 0.0336. The Morgan fingerprint density at radius 1 is 1.35 bits per heavy atom. The molecule has 1 aromatic carbocycles. The lowest BCUT2D eigenvalue weighted by atomic mass is 10.1. The van der Waals surface area contributed by atoms with Crippen LogP contribution in [0.5, 0.6) is 0 Å². The zero-order valence-electron chi connectivity index (χ0n) is 11.2. The van der Waals surface area contributed by atoms with Crippen molar-refractivity contribution >= 4 is 35.1 Å². The Kier molecular flexibility index (Phi) is 6.82. The SMILES string of the molecule is CCCC[C@H](NC(=O)Cc1ccc(Cl)cc1Cl)C(=O)O. The van der Waals surface area contributed by atoms with E-state index in [-0.39, 0.29) is 12.3 Å². The van der Waals surface area contributed by atoms with Crippen LogP contribution in [0.4, 0.5) is 0 Å². The average Bonchev–Trinajstić information content (AvgIpc) is 2.37. The molecule has 0 saturated carbocycles. The van der Waals surface area contributed by atoms with Crippen LogP contribution in [0.3, 0.4) is 0 Å². The number of carbonyl (C=O) groups excluding carboxylic acids is 1.